The van der Waals surface area contributed by atoms with Gasteiger partial charge in [0.2, 0.25) is 0 Å². The summed E-state index contributed by atoms with van der Waals surface area (Å²) in [7, 11) is 1.79. The molecule has 26 heavy (non-hydrogen) atoms. The minimum Gasteiger partial charge on any atom is -0.462 e. The van der Waals surface area contributed by atoms with Gasteiger partial charge in [-0.25, -0.2) is 14.6 Å². The van der Waals surface area contributed by atoms with Gasteiger partial charge in [0.05, 0.1) is 12.3 Å². The molecule has 8 heteroatoms. The number of amides is 1. The molecule has 1 aromatic rings. The number of thiazole rings is 1. The summed E-state index contributed by atoms with van der Waals surface area (Å²) in [6.07, 6.45) is 1.39. The van der Waals surface area contributed by atoms with Crippen molar-refractivity contribution in [3.63, 3.8) is 0 Å². The van der Waals surface area contributed by atoms with E-state index in [1.807, 2.05) is 27.7 Å². The fraction of sp³-hybridized carbons (Fsp3) is 0.722. The molecule has 0 spiro atoms. The number of carbonyl (C=O) groups excluding carboxylic acids is 2. The van der Waals surface area contributed by atoms with Crippen molar-refractivity contribution in [1.82, 2.24) is 9.88 Å². The molecule has 1 fully saturated rings. The second kappa shape index (κ2) is 8.24. The Balaban J connectivity index is 1.95. The zero-order valence-electron chi connectivity index (χ0n) is 16.5. The summed E-state index contributed by atoms with van der Waals surface area (Å²) in [4.78, 5) is 33.1. The third kappa shape index (κ3) is 5.09. The van der Waals surface area contributed by atoms with Gasteiger partial charge in [0.15, 0.2) is 5.13 Å². The van der Waals surface area contributed by atoms with E-state index in [0.29, 0.717) is 17.2 Å². The van der Waals surface area contributed by atoms with Crippen molar-refractivity contribution in [1.29, 1.82) is 0 Å². The van der Waals surface area contributed by atoms with E-state index < -0.39 is 5.60 Å². The first-order valence-electron chi connectivity index (χ1n) is 8.97. The largest absolute Gasteiger partial charge is 0.462 e. The van der Waals surface area contributed by atoms with Gasteiger partial charge in [-0.05, 0) is 47.5 Å². The first-order valence-corrected chi connectivity index (χ1v) is 9.79. The highest BCUT2D eigenvalue weighted by atomic mass is 32.1. The van der Waals surface area contributed by atoms with Crippen LogP contribution in [-0.2, 0) is 9.47 Å². The molecule has 0 aromatic carbocycles. The van der Waals surface area contributed by atoms with Gasteiger partial charge in [0.25, 0.3) is 0 Å². The zero-order valence-corrected chi connectivity index (χ0v) is 17.3. The van der Waals surface area contributed by atoms with Crippen molar-refractivity contribution in [2.45, 2.75) is 59.1 Å². The van der Waals surface area contributed by atoms with E-state index >= 15 is 0 Å². The average Bonchev–Trinajstić information content (AvgIpc) is 2.95. The lowest BCUT2D eigenvalue weighted by Crippen LogP contribution is -2.47. The molecule has 0 atom stereocenters. The van der Waals surface area contributed by atoms with Crippen molar-refractivity contribution in [3.8, 4) is 0 Å². The molecule has 1 saturated heterocycles. The number of piperidine rings is 1. The van der Waals surface area contributed by atoms with Crippen LogP contribution in [-0.4, -0.2) is 60.3 Å². The Morgan fingerprint density at radius 1 is 1.31 bits per heavy atom. The van der Waals surface area contributed by atoms with E-state index in [0.717, 1.165) is 31.1 Å². The van der Waals surface area contributed by atoms with Crippen LogP contribution in [0.1, 0.15) is 55.9 Å². The number of anilines is 1. The summed E-state index contributed by atoms with van der Waals surface area (Å²) >= 11 is 1.37. The zero-order chi connectivity index (χ0) is 19.5. The second-order valence-corrected chi connectivity index (χ2v) is 8.42. The highest BCUT2D eigenvalue weighted by Crippen LogP contribution is 2.30. The molecule has 2 heterocycles. The monoisotopic (exact) mass is 383 g/mol. The molecule has 1 aromatic heterocycles. The van der Waals surface area contributed by atoms with E-state index in [1.54, 1.807) is 18.9 Å². The number of hydrogen-bond acceptors (Lipinski definition) is 7. The van der Waals surface area contributed by atoms with Crippen molar-refractivity contribution in [2.75, 3.05) is 31.6 Å². The minimum absolute atomic E-state index is 0.145. The van der Waals surface area contributed by atoms with E-state index in [-0.39, 0.29) is 18.1 Å². The van der Waals surface area contributed by atoms with Gasteiger partial charge in [-0.1, -0.05) is 11.3 Å². The quantitative estimate of drug-likeness (QED) is 0.742. The fourth-order valence-electron chi connectivity index (χ4n) is 2.83. The number of nitrogens with zero attached hydrogens (tertiary/aromatic N) is 3. The summed E-state index contributed by atoms with van der Waals surface area (Å²) in [5.74, 6) is -0.312. The highest BCUT2D eigenvalue weighted by molar-refractivity contribution is 7.17. The Labute approximate surface area is 159 Å². The lowest BCUT2D eigenvalue weighted by molar-refractivity contribution is 0.0200. The van der Waals surface area contributed by atoms with Crippen LogP contribution in [0.4, 0.5) is 9.93 Å². The Kier molecular flexibility index (Phi) is 6.49. The van der Waals surface area contributed by atoms with Gasteiger partial charge in [-0.15, -0.1) is 0 Å². The lowest BCUT2D eigenvalue weighted by Gasteiger charge is -2.37. The van der Waals surface area contributed by atoms with Crippen LogP contribution in [0.3, 0.4) is 0 Å². The Morgan fingerprint density at radius 3 is 2.46 bits per heavy atom. The SMILES string of the molecule is CCOC(=O)c1sc(N2CCC(N(C)C(=O)OC(C)(C)C)CC2)nc1C. The highest BCUT2D eigenvalue weighted by Gasteiger charge is 2.30. The van der Waals surface area contributed by atoms with Crippen molar-refractivity contribution in [2.24, 2.45) is 0 Å². The Hall–Kier alpha value is -1.83. The topological polar surface area (TPSA) is 72.0 Å². The number of esters is 1. The second-order valence-electron chi connectivity index (χ2n) is 7.44. The number of hydrogen-bond donors (Lipinski definition) is 0. The molecule has 0 radical (unpaired) electrons. The normalized spacial score (nSPS) is 15.7. The van der Waals surface area contributed by atoms with Crippen LogP contribution in [0, 0.1) is 6.92 Å². The van der Waals surface area contributed by atoms with Gasteiger partial charge < -0.3 is 19.3 Å². The molecule has 7 nitrogen and oxygen atoms in total. The lowest BCUT2D eigenvalue weighted by atomic mass is 10.0. The molecule has 0 unspecified atom stereocenters. The summed E-state index contributed by atoms with van der Waals surface area (Å²) in [6.45, 7) is 11.2. The predicted octanol–water partition coefficient (Wildman–Crippen LogP) is 3.46. The van der Waals surface area contributed by atoms with E-state index in [2.05, 4.69) is 9.88 Å². The maximum absolute atomic E-state index is 12.2. The van der Waals surface area contributed by atoms with Gasteiger partial charge in [0, 0.05) is 26.2 Å². The van der Waals surface area contributed by atoms with Gasteiger partial charge in [0.1, 0.15) is 10.5 Å². The molecule has 0 saturated carbocycles. The number of aromatic nitrogens is 1. The number of ether oxygens (including phenoxy) is 2. The fourth-order valence-corrected chi connectivity index (χ4v) is 3.84. The number of rotatable bonds is 4. The molecule has 0 aliphatic carbocycles. The van der Waals surface area contributed by atoms with E-state index in [9.17, 15) is 9.59 Å². The van der Waals surface area contributed by atoms with Crippen LogP contribution < -0.4 is 4.90 Å². The van der Waals surface area contributed by atoms with E-state index in [4.69, 9.17) is 9.47 Å². The molecule has 2 rings (SSSR count). The predicted molar refractivity (Wildman–Crippen MR) is 102 cm³/mol. The molecule has 1 amide bonds. The summed E-state index contributed by atoms with van der Waals surface area (Å²) < 4.78 is 10.5. The summed E-state index contributed by atoms with van der Waals surface area (Å²) in [5, 5.41) is 0.837. The average molecular weight is 384 g/mol. The standard InChI is InChI=1S/C18H29N3O4S/c1-7-24-15(22)14-12(2)19-16(26-14)21-10-8-13(9-11-21)20(6)17(23)25-18(3,4)5/h13H,7-11H2,1-6H3. The molecule has 0 bridgehead atoms. The Bertz CT molecular complexity index is 645. The molecule has 146 valence electrons. The molecule has 1 aliphatic rings. The molecule has 1 aliphatic heterocycles. The van der Waals surface area contributed by atoms with Crippen LogP contribution in [0.15, 0.2) is 0 Å². The van der Waals surface area contributed by atoms with Crippen molar-refractivity contribution in [3.05, 3.63) is 10.6 Å². The molecular formula is C18H29N3O4S. The van der Waals surface area contributed by atoms with Gasteiger partial charge >= 0.3 is 12.1 Å². The van der Waals surface area contributed by atoms with Crippen molar-refractivity contribution >= 4 is 28.5 Å². The van der Waals surface area contributed by atoms with Crippen LogP contribution in [0.2, 0.25) is 0 Å². The summed E-state index contributed by atoms with van der Waals surface area (Å²) in [6, 6.07) is 0.145. The van der Waals surface area contributed by atoms with Gasteiger partial charge in [-0.2, -0.15) is 0 Å². The Morgan fingerprint density at radius 2 is 1.92 bits per heavy atom. The first kappa shape index (κ1) is 20.5. The summed E-state index contributed by atoms with van der Waals surface area (Å²) in [5.41, 5.74) is 0.213. The maximum Gasteiger partial charge on any atom is 0.410 e. The van der Waals surface area contributed by atoms with Gasteiger partial charge in [-0.3, -0.25) is 0 Å². The first-order chi connectivity index (χ1) is 12.1. The third-order valence-corrected chi connectivity index (χ3v) is 5.41. The van der Waals surface area contributed by atoms with Crippen molar-refractivity contribution < 1.29 is 19.1 Å². The minimum atomic E-state index is -0.492. The van der Waals surface area contributed by atoms with Crippen LogP contribution in [0.25, 0.3) is 0 Å². The molecule has 0 N–H and O–H groups in total. The maximum atomic E-state index is 12.2. The third-order valence-electron chi connectivity index (χ3n) is 4.21. The number of aryl methyl sites for hydroxylation is 1. The van der Waals surface area contributed by atoms with Crippen LogP contribution >= 0.6 is 11.3 Å². The molecular weight excluding hydrogens is 354 g/mol. The van der Waals surface area contributed by atoms with E-state index in [1.165, 1.54) is 11.3 Å². The number of carbonyl (C=O) groups is 2. The smallest absolute Gasteiger partial charge is 0.410 e. The van der Waals surface area contributed by atoms with Crippen LogP contribution in [0.5, 0.6) is 0 Å².